The molecular weight excluding hydrogens is 330 g/mol. The van der Waals surface area contributed by atoms with Crippen molar-refractivity contribution in [2.75, 3.05) is 13.7 Å². The topological polar surface area (TPSA) is 64.6 Å². The largest absolute Gasteiger partial charge is 0.497 e. The molecule has 0 aliphatic heterocycles. The minimum Gasteiger partial charge on any atom is -0.497 e. The molecule has 2 aromatic carbocycles. The molecule has 0 bridgehead atoms. The number of amides is 1. The highest BCUT2D eigenvalue weighted by Gasteiger charge is 2.15. The molecule has 5 nitrogen and oxygen atoms in total. The summed E-state index contributed by atoms with van der Waals surface area (Å²) in [4.78, 5) is 23.9. The molecule has 2 aromatic rings. The van der Waals surface area contributed by atoms with Crippen molar-refractivity contribution in [1.82, 2.24) is 5.32 Å². The van der Waals surface area contributed by atoms with Crippen LogP contribution in [-0.2, 0) is 9.53 Å². The van der Waals surface area contributed by atoms with Gasteiger partial charge in [0, 0.05) is 0 Å². The highest BCUT2D eigenvalue weighted by molar-refractivity contribution is 6.33. The Kier molecular flexibility index (Phi) is 6.21. The quantitative estimate of drug-likeness (QED) is 0.813. The molecule has 6 heteroatoms. The molecule has 0 radical (unpaired) electrons. The first-order valence-electron chi connectivity index (χ1n) is 7.36. The number of carbonyl (C=O) groups is 2. The first-order valence-corrected chi connectivity index (χ1v) is 7.74. The van der Waals surface area contributed by atoms with Crippen LogP contribution in [-0.4, -0.2) is 25.6 Å². The molecule has 1 atom stereocenters. The van der Waals surface area contributed by atoms with Crippen LogP contribution >= 0.6 is 11.6 Å². The fourth-order valence-electron chi connectivity index (χ4n) is 2.11. The molecular formula is C18H18ClNO4. The second-order valence-corrected chi connectivity index (χ2v) is 5.53. The van der Waals surface area contributed by atoms with Gasteiger partial charge in [-0.1, -0.05) is 35.9 Å². The van der Waals surface area contributed by atoms with E-state index < -0.39 is 11.9 Å². The van der Waals surface area contributed by atoms with E-state index in [0.29, 0.717) is 5.75 Å². The number of rotatable bonds is 6. The van der Waals surface area contributed by atoms with E-state index in [4.69, 9.17) is 21.1 Å². The number of benzene rings is 2. The van der Waals surface area contributed by atoms with Crippen LogP contribution in [0.15, 0.2) is 48.5 Å². The number of esters is 1. The van der Waals surface area contributed by atoms with Crippen LogP contribution in [0.25, 0.3) is 0 Å². The van der Waals surface area contributed by atoms with E-state index >= 15 is 0 Å². The SMILES string of the molecule is COc1cccc(C(C)NC(=O)COC(=O)c2ccccc2Cl)c1. The molecule has 1 amide bonds. The second-order valence-electron chi connectivity index (χ2n) is 5.12. The van der Waals surface area contributed by atoms with Crippen molar-refractivity contribution in [2.24, 2.45) is 0 Å². The Morgan fingerprint density at radius 1 is 1.17 bits per heavy atom. The monoisotopic (exact) mass is 347 g/mol. The molecule has 0 aromatic heterocycles. The molecule has 126 valence electrons. The van der Waals surface area contributed by atoms with E-state index in [1.54, 1.807) is 31.4 Å². The van der Waals surface area contributed by atoms with Crippen LogP contribution < -0.4 is 10.1 Å². The van der Waals surface area contributed by atoms with Gasteiger partial charge in [0.05, 0.1) is 23.7 Å². The molecule has 24 heavy (non-hydrogen) atoms. The fraction of sp³-hybridized carbons (Fsp3) is 0.222. The molecule has 0 aliphatic carbocycles. The molecule has 2 rings (SSSR count). The van der Waals surface area contributed by atoms with Crippen molar-refractivity contribution in [3.8, 4) is 5.75 Å². The molecule has 0 spiro atoms. The normalized spacial score (nSPS) is 11.5. The van der Waals surface area contributed by atoms with Crippen molar-refractivity contribution < 1.29 is 19.1 Å². The summed E-state index contributed by atoms with van der Waals surface area (Å²) in [5.74, 6) is -0.325. The van der Waals surface area contributed by atoms with Crippen molar-refractivity contribution in [3.63, 3.8) is 0 Å². The number of nitrogens with one attached hydrogen (secondary N) is 1. The van der Waals surface area contributed by atoms with Gasteiger partial charge in [0.2, 0.25) is 0 Å². The van der Waals surface area contributed by atoms with Crippen LogP contribution in [0.5, 0.6) is 5.75 Å². The minimum atomic E-state index is -0.634. The summed E-state index contributed by atoms with van der Waals surface area (Å²) in [6.07, 6.45) is 0. The van der Waals surface area contributed by atoms with E-state index in [1.807, 2.05) is 31.2 Å². The van der Waals surface area contributed by atoms with E-state index in [0.717, 1.165) is 5.56 Å². The second kappa shape index (κ2) is 8.36. The van der Waals surface area contributed by atoms with Gasteiger partial charge < -0.3 is 14.8 Å². The molecule has 1 unspecified atom stereocenters. The number of ether oxygens (including phenoxy) is 2. The first-order chi connectivity index (χ1) is 11.5. The van der Waals surface area contributed by atoms with Crippen molar-refractivity contribution >= 4 is 23.5 Å². The maximum absolute atomic E-state index is 11.9. The van der Waals surface area contributed by atoms with Gasteiger partial charge in [0.25, 0.3) is 5.91 Å². The summed E-state index contributed by atoms with van der Waals surface area (Å²) in [5.41, 5.74) is 1.12. The Labute approximate surface area is 145 Å². The average molecular weight is 348 g/mol. The average Bonchev–Trinajstić information content (AvgIpc) is 2.60. The summed E-state index contributed by atoms with van der Waals surface area (Å²) >= 11 is 5.91. The van der Waals surface area contributed by atoms with Gasteiger partial charge in [-0.25, -0.2) is 4.79 Å². The Morgan fingerprint density at radius 3 is 2.62 bits per heavy atom. The Balaban J connectivity index is 1.89. The molecule has 0 saturated heterocycles. The Morgan fingerprint density at radius 2 is 1.92 bits per heavy atom. The minimum absolute atomic E-state index is 0.229. The lowest BCUT2D eigenvalue weighted by atomic mass is 10.1. The predicted molar refractivity (Wildman–Crippen MR) is 91.3 cm³/mol. The molecule has 0 saturated carbocycles. The van der Waals surface area contributed by atoms with Gasteiger partial charge in [-0.3, -0.25) is 4.79 Å². The van der Waals surface area contributed by atoms with Crippen molar-refractivity contribution in [3.05, 3.63) is 64.7 Å². The number of hydrogen-bond donors (Lipinski definition) is 1. The van der Waals surface area contributed by atoms with Gasteiger partial charge in [0.15, 0.2) is 6.61 Å². The van der Waals surface area contributed by atoms with Gasteiger partial charge in [-0.2, -0.15) is 0 Å². The van der Waals surface area contributed by atoms with E-state index in [1.165, 1.54) is 0 Å². The third-order valence-electron chi connectivity index (χ3n) is 3.40. The standard InChI is InChI=1S/C18H18ClNO4/c1-12(13-6-5-7-14(10-13)23-2)20-17(21)11-24-18(22)15-8-3-4-9-16(15)19/h3-10,12H,11H2,1-2H3,(H,20,21). The van der Waals surface area contributed by atoms with Gasteiger partial charge >= 0.3 is 5.97 Å². The van der Waals surface area contributed by atoms with Crippen LogP contribution in [0.2, 0.25) is 5.02 Å². The summed E-state index contributed by atoms with van der Waals surface area (Å²) in [5, 5.41) is 3.05. The zero-order valence-corrected chi connectivity index (χ0v) is 14.2. The van der Waals surface area contributed by atoms with Gasteiger partial charge in [-0.15, -0.1) is 0 Å². The highest BCUT2D eigenvalue weighted by Crippen LogP contribution is 2.19. The lowest BCUT2D eigenvalue weighted by Gasteiger charge is -2.15. The fourth-order valence-corrected chi connectivity index (χ4v) is 2.33. The molecule has 0 fully saturated rings. The van der Waals surface area contributed by atoms with Crippen LogP contribution in [0.4, 0.5) is 0 Å². The Hall–Kier alpha value is -2.53. The van der Waals surface area contributed by atoms with Gasteiger partial charge in [-0.05, 0) is 36.8 Å². The Bertz CT molecular complexity index is 732. The van der Waals surface area contributed by atoms with Crippen LogP contribution in [0.1, 0.15) is 28.9 Å². The zero-order chi connectivity index (χ0) is 17.5. The van der Waals surface area contributed by atoms with E-state index in [2.05, 4.69) is 5.32 Å². The maximum Gasteiger partial charge on any atom is 0.340 e. The lowest BCUT2D eigenvalue weighted by Crippen LogP contribution is -2.31. The third-order valence-corrected chi connectivity index (χ3v) is 3.73. The number of methoxy groups -OCH3 is 1. The molecule has 0 heterocycles. The van der Waals surface area contributed by atoms with Gasteiger partial charge in [0.1, 0.15) is 5.75 Å². The number of hydrogen-bond acceptors (Lipinski definition) is 4. The van der Waals surface area contributed by atoms with Crippen LogP contribution in [0.3, 0.4) is 0 Å². The van der Waals surface area contributed by atoms with E-state index in [-0.39, 0.29) is 23.2 Å². The summed E-state index contributed by atoms with van der Waals surface area (Å²) in [6, 6.07) is 13.6. The smallest absolute Gasteiger partial charge is 0.340 e. The predicted octanol–water partition coefficient (Wildman–Crippen LogP) is 3.38. The molecule has 1 N–H and O–H groups in total. The third kappa shape index (κ3) is 4.73. The number of halogens is 1. The number of carbonyl (C=O) groups excluding carboxylic acids is 2. The highest BCUT2D eigenvalue weighted by atomic mass is 35.5. The summed E-state index contributed by atoms with van der Waals surface area (Å²) in [7, 11) is 1.58. The van der Waals surface area contributed by atoms with E-state index in [9.17, 15) is 9.59 Å². The first kappa shape index (κ1) is 17.8. The zero-order valence-electron chi connectivity index (χ0n) is 13.4. The maximum atomic E-state index is 11.9. The summed E-state index contributed by atoms with van der Waals surface area (Å²) < 4.78 is 10.1. The van der Waals surface area contributed by atoms with Crippen LogP contribution in [0, 0.1) is 0 Å². The molecule has 0 aliphatic rings. The van der Waals surface area contributed by atoms with Crippen molar-refractivity contribution in [1.29, 1.82) is 0 Å². The lowest BCUT2D eigenvalue weighted by molar-refractivity contribution is -0.124. The summed E-state index contributed by atoms with van der Waals surface area (Å²) in [6.45, 7) is 1.46. The van der Waals surface area contributed by atoms with Crippen molar-refractivity contribution in [2.45, 2.75) is 13.0 Å².